The van der Waals surface area contributed by atoms with Gasteiger partial charge in [0.1, 0.15) is 0 Å². The first-order valence-electron chi connectivity index (χ1n) is 6.58. The van der Waals surface area contributed by atoms with Gasteiger partial charge in [0.2, 0.25) is 0 Å². The summed E-state index contributed by atoms with van der Waals surface area (Å²) in [7, 11) is 0. The molecule has 1 aromatic carbocycles. The van der Waals surface area contributed by atoms with Gasteiger partial charge in [-0.15, -0.1) is 0 Å². The lowest BCUT2D eigenvalue weighted by atomic mass is 9.95. The van der Waals surface area contributed by atoms with Crippen LogP contribution >= 0.6 is 0 Å². The lowest BCUT2D eigenvalue weighted by molar-refractivity contribution is -0.136. The number of nitrogens with one attached hydrogen (secondary N) is 1. The van der Waals surface area contributed by atoms with Crippen molar-refractivity contribution in [1.29, 1.82) is 0 Å². The molecule has 3 nitrogen and oxygen atoms in total. The Hall–Kier alpha value is -1.35. The highest BCUT2D eigenvalue weighted by Crippen LogP contribution is 2.22. The molecule has 1 unspecified atom stereocenters. The summed E-state index contributed by atoms with van der Waals surface area (Å²) >= 11 is 0. The molecule has 0 heterocycles. The van der Waals surface area contributed by atoms with Crippen molar-refractivity contribution in [3.05, 3.63) is 35.4 Å². The minimum absolute atomic E-state index is 0.163. The van der Waals surface area contributed by atoms with Crippen LogP contribution in [0.1, 0.15) is 44.4 Å². The third-order valence-electron chi connectivity index (χ3n) is 3.12. The molecule has 1 atom stereocenters. The molecule has 1 aromatic rings. The van der Waals surface area contributed by atoms with E-state index in [2.05, 4.69) is 50.4 Å². The van der Waals surface area contributed by atoms with Crippen molar-refractivity contribution in [2.75, 3.05) is 6.54 Å². The average Bonchev–Trinajstić information content (AvgIpc) is 2.34. The Morgan fingerprint density at radius 2 is 1.89 bits per heavy atom. The van der Waals surface area contributed by atoms with E-state index in [-0.39, 0.29) is 12.5 Å². The van der Waals surface area contributed by atoms with Crippen LogP contribution in [0.2, 0.25) is 0 Å². The first kappa shape index (κ1) is 14.7. The molecule has 0 aliphatic heterocycles. The van der Waals surface area contributed by atoms with Crippen LogP contribution in [0, 0.1) is 5.92 Å². The van der Waals surface area contributed by atoms with Crippen molar-refractivity contribution in [2.45, 2.75) is 39.7 Å². The Morgan fingerprint density at radius 3 is 2.33 bits per heavy atom. The minimum atomic E-state index is -0.758. The third-order valence-corrected chi connectivity index (χ3v) is 3.12. The number of hydrogen-bond acceptors (Lipinski definition) is 2. The van der Waals surface area contributed by atoms with E-state index >= 15 is 0 Å². The van der Waals surface area contributed by atoms with E-state index in [4.69, 9.17) is 5.11 Å². The van der Waals surface area contributed by atoms with E-state index in [9.17, 15) is 4.79 Å². The van der Waals surface area contributed by atoms with E-state index in [1.54, 1.807) is 0 Å². The standard InChI is InChI=1S/C15H23NO2/c1-4-12-5-7-13(8-6-12)15(11(2)3)16-10-9-14(17)18/h5-8,11,15-16H,4,9-10H2,1-3H3,(H,17,18). The van der Waals surface area contributed by atoms with Crippen LogP contribution in [0.5, 0.6) is 0 Å². The number of carboxylic acids is 1. The van der Waals surface area contributed by atoms with Gasteiger partial charge in [0.25, 0.3) is 0 Å². The molecule has 100 valence electrons. The molecular weight excluding hydrogens is 226 g/mol. The van der Waals surface area contributed by atoms with E-state index in [1.165, 1.54) is 11.1 Å². The number of aryl methyl sites for hydroxylation is 1. The predicted octanol–water partition coefficient (Wildman–Crippen LogP) is 3.01. The molecule has 0 saturated heterocycles. The van der Waals surface area contributed by atoms with Crippen LogP contribution in [-0.2, 0) is 11.2 Å². The largest absolute Gasteiger partial charge is 0.481 e. The Bertz CT molecular complexity index is 371. The second-order valence-corrected chi connectivity index (χ2v) is 4.91. The van der Waals surface area contributed by atoms with Crippen LogP contribution in [0.4, 0.5) is 0 Å². The molecule has 0 spiro atoms. The van der Waals surface area contributed by atoms with Gasteiger partial charge >= 0.3 is 5.97 Å². The molecular formula is C15H23NO2. The Balaban J connectivity index is 2.68. The maximum absolute atomic E-state index is 10.5. The highest BCUT2D eigenvalue weighted by Gasteiger charge is 2.15. The fourth-order valence-corrected chi connectivity index (χ4v) is 2.03. The number of rotatable bonds is 7. The first-order chi connectivity index (χ1) is 8.54. The lowest BCUT2D eigenvalue weighted by Crippen LogP contribution is -2.27. The summed E-state index contributed by atoms with van der Waals surface area (Å²) in [6, 6.07) is 8.78. The molecule has 18 heavy (non-hydrogen) atoms. The number of hydrogen-bond donors (Lipinski definition) is 2. The van der Waals surface area contributed by atoms with Gasteiger partial charge in [-0.2, -0.15) is 0 Å². The monoisotopic (exact) mass is 249 g/mol. The molecule has 0 radical (unpaired) electrons. The minimum Gasteiger partial charge on any atom is -0.481 e. The number of benzene rings is 1. The molecule has 0 saturated carbocycles. The smallest absolute Gasteiger partial charge is 0.304 e. The van der Waals surface area contributed by atoms with Crippen molar-refractivity contribution in [3.63, 3.8) is 0 Å². The second-order valence-electron chi connectivity index (χ2n) is 4.91. The number of carbonyl (C=O) groups is 1. The topological polar surface area (TPSA) is 49.3 Å². The van der Waals surface area contributed by atoms with Gasteiger partial charge < -0.3 is 10.4 Å². The van der Waals surface area contributed by atoms with Gasteiger partial charge in [-0.05, 0) is 23.5 Å². The van der Waals surface area contributed by atoms with Gasteiger partial charge in [0, 0.05) is 12.6 Å². The molecule has 2 N–H and O–H groups in total. The van der Waals surface area contributed by atoms with Crippen molar-refractivity contribution >= 4 is 5.97 Å². The van der Waals surface area contributed by atoms with Crippen molar-refractivity contribution in [1.82, 2.24) is 5.32 Å². The summed E-state index contributed by atoms with van der Waals surface area (Å²) in [5.74, 6) is -0.322. The third kappa shape index (κ3) is 4.49. The van der Waals surface area contributed by atoms with E-state index in [0.717, 1.165) is 6.42 Å². The molecule has 0 aromatic heterocycles. The summed E-state index contributed by atoms with van der Waals surface area (Å²) in [5.41, 5.74) is 2.55. The highest BCUT2D eigenvalue weighted by atomic mass is 16.4. The first-order valence-corrected chi connectivity index (χ1v) is 6.58. The quantitative estimate of drug-likeness (QED) is 0.781. The van der Waals surface area contributed by atoms with Crippen LogP contribution < -0.4 is 5.32 Å². The van der Waals surface area contributed by atoms with Crippen LogP contribution in [0.3, 0.4) is 0 Å². The SMILES string of the molecule is CCc1ccc(C(NCCC(=O)O)C(C)C)cc1. The average molecular weight is 249 g/mol. The fourth-order valence-electron chi connectivity index (χ4n) is 2.03. The van der Waals surface area contributed by atoms with E-state index in [0.29, 0.717) is 12.5 Å². The van der Waals surface area contributed by atoms with Gasteiger partial charge in [-0.25, -0.2) is 0 Å². The van der Waals surface area contributed by atoms with Crippen LogP contribution in [0.25, 0.3) is 0 Å². The van der Waals surface area contributed by atoms with Gasteiger partial charge in [-0.1, -0.05) is 45.0 Å². The van der Waals surface area contributed by atoms with Crippen molar-refractivity contribution in [3.8, 4) is 0 Å². The zero-order valence-corrected chi connectivity index (χ0v) is 11.4. The molecule has 0 aliphatic rings. The Kier molecular flexibility index (Phi) is 5.86. The normalized spacial score (nSPS) is 12.7. The predicted molar refractivity (Wildman–Crippen MR) is 73.7 cm³/mol. The number of carboxylic acid groups (broad SMARTS) is 1. The van der Waals surface area contributed by atoms with Crippen molar-refractivity contribution < 1.29 is 9.90 Å². The van der Waals surface area contributed by atoms with Crippen LogP contribution in [-0.4, -0.2) is 17.6 Å². The molecule has 1 rings (SSSR count). The highest BCUT2D eigenvalue weighted by molar-refractivity contribution is 5.66. The van der Waals surface area contributed by atoms with E-state index < -0.39 is 5.97 Å². The van der Waals surface area contributed by atoms with Crippen LogP contribution in [0.15, 0.2) is 24.3 Å². The molecule has 0 bridgehead atoms. The van der Waals surface area contributed by atoms with Gasteiger partial charge in [0.05, 0.1) is 6.42 Å². The Labute approximate surface area is 109 Å². The van der Waals surface area contributed by atoms with Crippen molar-refractivity contribution in [2.24, 2.45) is 5.92 Å². The Morgan fingerprint density at radius 1 is 1.28 bits per heavy atom. The summed E-state index contributed by atoms with van der Waals surface area (Å²) in [4.78, 5) is 10.5. The molecule has 0 aliphatic carbocycles. The zero-order valence-electron chi connectivity index (χ0n) is 11.4. The summed E-state index contributed by atoms with van der Waals surface area (Å²) in [6.45, 7) is 6.94. The van der Waals surface area contributed by atoms with Gasteiger partial charge in [-0.3, -0.25) is 4.79 Å². The summed E-state index contributed by atoms with van der Waals surface area (Å²) in [6.07, 6.45) is 1.20. The van der Waals surface area contributed by atoms with Gasteiger partial charge in [0.15, 0.2) is 0 Å². The molecule has 0 amide bonds. The van der Waals surface area contributed by atoms with E-state index in [1.807, 2.05) is 0 Å². The maximum Gasteiger partial charge on any atom is 0.304 e. The zero-order chi connectivity index (χ0) is 13.5. The molecule has 0 fully saturated rings. The fraction of sp³-hybridized carbons (Fsp3) is 0.533. The summed E-state index contributed by atoms with van der Waals surface area (Å²) < 4.78 is 0. The second kappa shape index (κ2) is 7.17. The number of aliphatic carboxylic acids is 1. The lowest BCUT2D eigenvalue weighted by Gasteiger charge is -2.23. The summed E-state index contributed by atoms with van der Waals surface area (Å²) in [5, 5.41) is 12.0. The molecule has 3 heteroatoms. The maximum atomic E-state index is 10.5.